The molecule has 2 heterocycles. The molecule has 0 bridgehead atoms. The largest absolute Gasteiger partial charge is 0.364 e. The molecular weight excluding hydrogens is 345 g/mol. The van der Waals surface area contributed by atoms with Crippen molar-refractivity contribution >= 4 is 5.96 Å². The Labute approximate surface area is 159 Å². The summed E-state index contributed by atoms with van der Waals surface area (Å²) in [6.45, 7) is 5.25. The van der Waals surface area contributed by atoms with Gasteiger partial charge in [0.1, 0.15) is 12.1 Å². The molecule has 0 amide bonds. The Balaban J connectivity index is 1.31. The Morgan fingerprint density at radius 1 is 1.22 bits per heavy atom. The zero-order chi connectivity index (χ0) is 18.7. The summed E-state index contributed by atoms with van der Waals surface area (Å²) < 4.78 is 19.1. The van der Waals surface area contributed by atoms with Crippen molar-refractivity contribution in [2.24, 2.45) is 4.99 Å². The standard InChI is InChI=1S/C20H26FN5O/c1-22-19(23-15-20(7-8-20)17-4-2-3-5-18(17)21)26-11-9-25(10-12-26)14-16-6-13-27-24-16/h2-6,13H,7-12,14-15H2,1H3,(H,22,23). The first-order valence-electron chi connectivity index (χ1n) is 9.52. The minimum atomic E-state index is -0.103. The molecule has 1 N–H and O–H groups in total. The fraction of sp³-hybridized carbons (Fsp3) is 0.500. The van der Waals surface area contributed by atoms with E-state index < -0.39 is 0 Å². The zero-order valence-electron chi connectivity index (χ0n) is 15.7. The van der Waals surface area contributed by atoms with E-state index in [1.165, 1.54) is 0 Å². The number of aromatic nitrogens is 1. The van der Waals surface area contributed by atoms with Crippen molar-refractivity contribution in [3.63, 3.8) is 0 Å². The Kier molecular flexibility index (Phi) is 5.11. The number of aliphatic imine (C=N–C) groups is 1. The van der Waals surface area contributed by atoms with Crippen molar-refractivity contribution < 1.29 is 8.91 Å². The van der Waals surface area contributed by atoms with E-state index in [0.29, 0.717) is 0 Å². The van der Waals surface area contributed by atoms with Crippen LogP contribution in [0.25, 0.3) is 0 Å². The summed E-state index contributed by atoms with van der Waals surface area (Å²) in [5, 5.41) is 7.47. The number of hydrogen-bond donors (Lipinski definition) is 1. The quantitative estimate of drug-likeness (QED) is 0.645. The zero-order valence-corrected chi connectivity index (χ0v) is 15.7. The molecule has 1 saturated carbocycles. The van der Waals surface area contributed by atoms with Gasteiger partial charge in [-0.2, -0.15) is 0 Å². The minimum Gasteiger partial charge on any atom is -0.364 e. The highest BCUT2D eigenvalue weighted by molar-refractivity contribution is 5.80. The van der Waals surface area contributed by atoms with Crippen LogP contribution in [0.1, 0.15) is 24.1 Å². The molecule has 1 aromatic carbocycles. The third-order valence-corrected chi connectivity index (χ3v) is 5.64. The summed E-state index contributed by atoms with van der Waals surface area (Å²) in [5.74, 6) is 0.798. The first kappa shape index (κ1) is 18.0. The van der Waals surface area contributed by atoms with Gasteiger partial charge in [0, 0.05) is 57.8 Å². The highest BCUT2D eigenvalue weighted by Gasteiger charge is 2.46. The molecule has 2 fully saturated rings. The molecule has 1 aromatic heterocycles. The van der Waals surface area contributed by atoms with Crippen molar-refractivity contribution in [2.45, 2.75) is 24.8 Å². The second-order valence-corrected chi connectivity index (χ2v) is 7.41. The molecular formula is C20H26FN5O. The van der Waals surface area contributed by atoms with Gasteiger partial charge < -0.3 is 14.7 Å². The van der Waals surface area contributed by atoms with Gasteiger partial charge in [0.25, 0.3) is 0 Å². The highest BCUT2D eigenvalue weighted by atomic mass is 19.1. The van der Waals surface area contributed by atoms with E-state index in [1.54, 1.807) is 18.4 Å². The number of guanidine groups is 1. The molecule has 0 spiro atoms. The van der Waals surface area contributed by atoms with Gasteiger partial charge in [-0.05, 0) is 24.5 Å². The molecule has 0 unspecified atom stereocenters. The average Bonchev–Trinajstić information content (AvgIpc) is 3.30. The second kappa shape index (κ2) is 7.68. The van der Waals surface area contributed by atoms with Gasteiger partial charge in [0.05, 0.1) is 5.69 Å². The number of benzene rings is 1. The van der Waals surface area contributed by atoms with E-state index in [4.69, 9.17) is 4.52 Å². The molecule has 2 aliphatic rings. The molecule has 144 valence electrons. The molecule has 1 aliphatic heterocycles. The van der Waals surface area contributed by atoms with Crippen LogP contribution in [0, 0.1) is 5.82 Å². The van der Waals surface area contributed by atoms with E-state index in [1.807, 2.05) is 25.2 Å². The number of nitrogens with one attached hydrogen (secondary N) is 1. The lowest BCUT2D eigenvalue weighted by Gasteiger charge is -2.36. The Hall–Kier alpha value is -2.41. The maximum atomic E-state index is 14.2. The third-order valence-electron chi connectivity index (χ3n) is 5.64. The monoisotopic (exact) mass is 371 g/mol. The minimum absolute atomic E-state index is 0.0872. The van der Waals surface area contributed by atoms with Crippen LogP contribution in [0.3, 0.4) is 0 Å². The van der Waals surface area contributed by atoms with Gasteiger partial charge >= 0.3 is 0 Å². The Morgan fingerprint density at radius 3 is 2.63 bits per heavy atom. The number of hydrogen-bond acceptors (Lipinski definition) is 4. The molecule has 2 aromatic rings. The number of halogens is 1. The average molecular weight is 371 g/mol. The normalized spacial score (nSPS) is 19.9. The van der Waals surface area contributed by atoms with Crippen LogP contribution in [0.2, 0.25) is 0 Å². The van der Waals surface area contributed by atoms with Crippen molar-refractivity contribution in [3.8, 4) is 0 Å². The van der Waals surface area contributed by atoms with Gasteiger partial charge in [0.15, 0.2) is 5.96 Å². The van der Waals surface area contributed by atoms with E-state index >= 15 is 0 Å². The van der Waals surface area contributed by atoms with E-state index in [0.717, 1.165) is 69.3 Å². The van der Waals surface area contributed by atoms with Gasteiger partial charge in [0.2, 0.25) is 0 Å². The van der Waals surface area contributed by atoms with E-state index in [9.17, 15) is 4.39 Å². The Morgan fingerprint density at radius 2 is 2.00 bits per heavy atom. The third kappa shape index (κ3) is 3.98. The van der Waals surface area contributed by atoms with Gasteiger partial charge in [-0.3, -0.25) is 9.89 Å². The lowest BCUT2D eigenvalue weighted by atomic mass is 9.95. The molecule has 1 saturated heterocycles. The van der Waals surface area contributed by atoms with Crippen LogP contribution in [0.5, 0.6) is 0 Å². The molecule has 7 heteroatoms. The lowest BCUT2D eigenvalue weighted by Crippen LogP contribution is -2.53. The van der Waals surface area contributed by atoms with Crippen molar-refractivity contribution in [1.82, 2.24) is 20.3 Å². The number of rotatable bonds is 5. The summed E-state index contributed by atoms with van der Waals surface area (Å²) >= 11 is 0. The lowest BCUT2D eigenvalue weighted by molar-refractivity contribution is 0.169. The SMILES string of the molecule is CN=C(NCC1(c2ccccc2F)CC1)N1CCN(Cc2ccon2)CC1. The van der Waals surface area contributed by atoms with Crippen molar-refractivity contribution in [1.29, 1.82) is 0 Å². The van der Waals surface area contributed by atoms with Crippen LogP contribution in [0.15, 0.2) is 46.1 Å². The van der Waals surface area contributed by atoms with Crippen molar-refractivity contribution in [2.75, 3.05) is 39.8 Å². The fourth-order valence-corrected chi connectivity index (χ4v) is 3.83. The summed E-state index contributed by atoms with van der Waals surface area (Å²) in [6.07, 6.45) is 3.65. The molecule has 6 nitrogen and oxygen atoms in total. The Bertz CT molecular complexity index is 779. The van der Waals surface area contributed by atoms with Gasteiger partial charge in [-0.25, -0.2) is 4.39 Å². The first-order valence-corrected chi connectivity index (χ1v) is 9.52. The maximum Gasteiger partial charge on any atom is 0.193 e. The molecule has 4 rings (SSSR count). The second-order valence-electron chi connectivity index (χ2n) is 7.41. The van der Waals surface area contributed by atoms with Crippen LogP contribution in [-0.2, 0) is 12.0 Å². The van der Waals surface area contributed by atoms with E-state index in [2.05, 4.69) is 25.3 Å². The first-order chi connectivity index (χ1) is 13.2. The summed E-state index contributed by atoms with van der Waals surface area (Å²) in [7, 11) is 1.81. The summed E-state index contributed by atoms with van der Waals surface area (Å²) in [4.78, 5) is 9.09. The molecule has 1 aliphatic carbocycles. The molecule has 0 radical (unpaired) electrons. The van der Waals surface area contributed by atoms with E-state index in [-0.39, 0.29) is 11.2 Å². The highest BCUT2D eigenvalue weighted by Crippen LogP contribution is 2.48. The van der Waals surface area contributed by atoms with Crippen LogP contribution in [-0.4, -0.2) is 60.7 Å². The number of piperazine rings is 1. The molecule has 0 atom stereocenters. The van der Waals surface area contributed by atoms with Crippen molar-refractivity contribution in [3.05, 3.63) is 53.7 Å². The summed E-state index contributed by atoms with van der Waals surface area (Å²) in [5.41, 5.74) is 1.70. The topological polar surface area (TPSA) is 56.9 Å². The van der Waals surface area contributed by atoms with Gasteiger partial charge in [-0.1, -0.05) is 23.4 Å². The predicted molar refractivity (Wildman–Crippen MR) is 102 cm³/mol. The maximum absolute atomic E-state index is 14.2. The number of nitrogens with zero attached hydrogens (tertiary/aromatic N) is 4. The van der Waals surface area contributed by atoms with Crippen LogP contribution < -0.4 is 5.32 Å². The van der Waals surface area contributed by atoms with Gasteiger partial charge in [-0.15, -0.1) is 0 Å². The predicted octanol–water partition coefficient (Wildman–Crippen LogP) is 2.24. The fourth-order valence-electron chi connectivity index (χ4n) is 3.83. The van der Waals surface area contributed by atoms with Crippen LogP contribution >= 0.6 is 0 Å². The van der Waals surface area contributed by atoms with Crippen LogP contribution in [0.4, 0.5) is 4.39 Å². The molecule has 27 heavy (non-hydrogen) atoms. The summed E-state index contributed by atoms with van der Waals surface area (Å²) in [6, 6.07) is 9.04. The smallest absolute Gasteiger partial charge is 0.193 e.